The van der Waals surface area contributed by atoms with E-state index >= 15 is 0 Å². The highest BCUT2D eigenvalue weighted by molar-refractivity contribution is 5.84. The molecule has 0 aliphatic carbocycles. The number of β-amino-alcohol motifs (C(OH)–C–C–N with tert-alkyl or cyclic N) is 1. The van der Waals surface area contributed by atoms with E-state index in [1.807, 2.05) is 0 Å². The summed E-state index contributed by atoms with van der Waals surface area (Å²) >= 11 is 0. The molecule has 15 heavy (non-hydrogen) atoms. The van der Waals surface area contributed by atoms with Gasteiger partial charge in [0, 0.05) is 19.0 Å². The van der Waals surface area contributed by atoms with E-state index in [4.69, 9.17) is 5.11 Å². The molecule has 2 unspecified atom stereocenters. The minimum absolute atomic E-state index is 0.179. The van der Waals surface area contributed by atoms with E-state index in [1.54, 1.807) is 6.92 Å². The van der Waals surface area contributed by atoms with E-state index in [1.165, 1.54) is 11.8 Å². The van der Waals surface area contributed by atoms with E-state index in [2.05, 4.69) is 0 Å². The maximum atomic E-state index is 11.8. The molecule has 0 radical (unpaired) electrons. The summed E-state index contributed by atoms with van der Waals surface area (Å²) in [4.78, 5) is 24.0. The smallest absolute Gasteiger partial charge is 0.307 e. The number of amides is 1. The van der Waals surface area contributed by atoms with Crippen molar-refractivity contribution >= 4 is 11.9 Å². The highest BCUT2D eigenvalue weighted by atomic mass is 16.4. The van der Waals surface area contributed by atoms with Gasteiger partial charge in [0.25, 0.3) is 0 Å². The molecule has 1 aliphatic rings. The molecule has 0 aromatic rings. The van der Waals surface area contributed by atoms with Gasteiger partial charge in [0.1, 0.15) is 0 Å². The van der Waals surface area contributed by atoms with Gasteiger partial charge in [-0.3, -0.25) is 9.59 Å². The first kappa shape index (κ1) is 12.0. The topological polar surface area (TPSA) is 77.8 Å². The van der Waals surface area contributed by atoms with Gasteiger partial charge in [-0.2, -0.15) is 0 Å². The van der Waals surface area contributed by atoms with Crippen LogP contribution in [0.1, 0.15) is 20.3 Å². The van der Waals surface area contributed by atoms with Gasteiger partial charge in [-0.1, -0.05) is 13.8 Å². The van der Waals surface area contributed by atoms with E-state index in [-0.39, 0.29) is 5.91 Å². The van der Waals surface area contributed by atoms with Crippen LogP contribution in [0.15, 0.2) is 0 Å². The van der Waals surface area contributed by atoms with Gasteiger partial charge in [0.05, 0.1) is 12.0 Å². The lowest BCUT2D eigenvalue weighted by Crippen LogP contribution is -2.38. The van der Waals surface area contributed by atoms with Crippen molar-refractivity contribution in [2.75, 3.05) is 13.1 Å². The Hall–Kier alpha value is -1.10. The Kier molecular flexibility index (Phi) is 3.68. The van der Waals surface area contributed by atoms with Crippen LogP contribution in [0.3, 0.4) is 0 Å². The van der Waals surface area contributed by atoms with E-state index in [9.17, 15) is 14.7 Å². The third kappa shape index (κ3) is 2.68. The molecule has 1 rings (SSSR count). The van der Waals surface area contributed by atoms with Crippen molar-refractivity contribution in [1.29, 1.82) is 0 Å². The second-order valence-electron chi connectivity index (χ2n) is 4.14. The summed E-state index contributed by atoms with van der Waals surface area (Å²) in [6.07, 6.45) is 0.126. The van der Waals surface area contributed by atoms with Crippen LogP contribution >= 0.6 is 0 Å². The number of hydrogen-bond donors (Lipinski definition) is 2. The highest BCUT2D eigenvalue weighted by Gasteiger charge is 2.32. The lowest BCUT2D eigenvalue weighted by atomic mass is 9.95. The van der Waals surface area contributed by atoms with Gasteiger partial charge in [-0.25, -0.2) is 0 Å². The van der Waals surface area contributed by atoms with Crippen LogP contribution in [-0.2, 0) is 9.59 Å². The van der Waals surface area contributed by atoms with Gasteiger partial charge in [0.2, 0.25) is 5.91 Å². The van der Waals surface area contributed by atoms with Gasteiger partial charge >= 0.3 is 5.97 Å². The molecule has 5 heteroatoms. The van der Waals surface area contributed by atoms with E-state index in [0.717, 1.165) is 0 Å². The average Bonchev–Trinajstić information content (AvgIpc) is 2.61. The van der Waals surface area contributed by atoms with Crippen LogP contribution in [0.4, 0.5) is 0 Å². The second kappa shape index (κ2) is 4.61. The van der Waals surface area contributed by atoms with Crippen LogP contribution in [0, 0.1) is 11.8 Å². The highest BCUT2D eigenvalue weighted by Crippen LogP contribution is 2.18. The Morgan fingerprint density at radius 3 is 2.33 bits per heavy atom. The van der Waals surface area contributed by atoms with Crippen LogP contribution in [0.25, 0.3) is 0 Å². The molecule has 0 aromatic heterocycles. The molecule has 1 amide bonds. The maximum Gasteiger partial charge on any atom is 0.307 e. The molecule has 1 heterocycles. The molecule has 5 nitrogen and oxygen atoms in total. The normalized spacial score (nSPS) is 25.0. The Labute approximate surface area is 88.7 Å². The Bertz CT molecular complexity index is 266. The van der Waals surface area contributed by atoms with Crippen LogP contribution in [0.5, 0.6) is 0 Å². The van der Waals surface area contributed by atoms with Crippen molar-refractivity contribution in [2.24, 2.45) is 11.8 Å². The first-order valence-corrected chi connectivity index (χ1v) is 5.13. The number of nitrogens with zero attached hydrogens (tertiary/aromatic N) is 1. The number of hydrogen-bond acceptors (Lipinski definition) is 3. The fourth-order valence-corrected chi connectivity index (χ4v) is 1.66. The van der Waals surface area contributed by atoms with Gasteiger partial charge in [-0.05, 0) is 6.42 Å². The predicted octanol–water partition coefficient (Wildman–Crippen LogP) is -0.0636. The molecule has 2 N–H and O–H groups in total. The molecule has 1 aliphatic heterocycles. The minimum Gasteiger partial charge on any atom is -0.481 e. The van der Waals surface area contributed by atoms with Crippen molar-refractivity contribution in [3.63, 3.8) is 0 Å². The molecule has 3 atom stereocenters. The van der Waals surface area contributed by atoms with E-state index in [0.29, 0.717) is 19.5 Å². The molecular formula is C10H17NO4. The van der Waals surface area contributed by atoms with Crippen molar-refractivity contribution < 1.29 is 19.8 Å². The molecule has 0 aromatic carbocycles. The first-order valence-electron chi connectivity index (χ1n) is 5.13. The lowest BCUT2D eigenvalue weighted by molar-refractivity contribution is -0.148. The van der Waals surface area contributed by atoms with Gasteiger partial charge < -0.3 is 15.1 Å². The number of carboxylic acid groups (broad SMARTS) is 1. The van der Waals surface area contributed by atoms with E-state index < -0.39 is 23.9 Å². The number of aliphatic carboxylic acids is 1. The summed E-state index contributed by atoms with van der Waals surface area (Å²) in [5.41, 5.74) is 0. The molecule has 86 valence electrons. The summed E-state index contributed by atoms with van der Waals surface area (Å²) in [6.45, 7) is 4.00. The standard InChI is InChI=1S/C10H17NO4/c1-6(7(2)10(14)15)9(13)11-4-3-8(12)5-11/h6-8,12H,3-5H2,1-2H3,(H,14,15)/t6?,7?,8-/m1/s1. The van der Waals surface area contributed by atoms with Crippen LogP contribution < -0.4 is 0 Å². The summed E-state index contributed by atoms with van der Waals surface area (Å²) in [7, 11) is 0. The van der Waals surface area contributed by atoms with Crippen LogP contribution in [-0.4, -0.2) is 46.2 Å². The lowest BCUT2D eigenvalue weighted by Gasteiger charge is -2.22. The summed E-state index contributed by atoms with van der Waals surface area (Å²) < 4.78 is 0. The molecule has 0 spiro atoms. The average molecular weight is 215 g/mol. The Morgan fingerprint density at radius 1 is 1.33 bits per heavy atom. The van der Waals surface area contributed by atoms with Crippen molar-refractivity contribution in [1.82, 2.24) is 4.90 Å². The fraction of sp³-hybridized carbons (Fsp3) is 0.800. The van der Waals surface area contributed by atoms with Crippen LogP contribution in [0.2, 0.25) is 0 Å². The largest absolute Gasteiger partial charge is 0.481 e. The quantitative estimate of drug-likeness (QED) is 0.691. The Balaban J connectivity index is 2.56. The third-order valence-corrected chi connectivity index (χ3v) is 3.00. The van der Waals surface area contributed by atoms with Crippen molar-refractivity contribution in [2.45, 2.75) is 26.4 Å². The maximum absolute atomic E-state index is 11.8. The number of aliphatic hydroxyl groups excluding tert-OH is 1. The Morgan fingerprint density at radius 2 is 1.93 bits per heavy atom. The molecule has 1 saturated heterocycles. The molecule has 0 saturated carbocycles. The number of carboxylic acids is 1. The number of aliphatic hydroxyl groups is 1. The second-order valence-corrected chi connectivity index (χ2v) is 4.14. The zero-order valence-electron chi connectivity index (χ0n) is 9.01. The fourth-order valence-electron chi connectivity index (χ4n) is 1.66. The summed E-state index contributed by atoms with van der Waals surface area (Å²) in [5.74, 6) is -2.36. The molecule has 0 bridgehead atoms. The number of rotatable bonds is 3. The minimum atomic E-state index is -0.962. The first-order chi connectivity index (χ1) is 6.93. The number of carbonyl (C=O) groups excluding carboxylic acids is 1. The summed E-state index contributed by atoms with van der Waals surface area (Å²) in [6, 6.07) is 0. The SMILES string of the molecule is CC(C(=O)O)C(C)C(=O)N1CC[C@@H](O)C1. The van der Waals surface area contributed by atoms with Crippen molar-refractivity contribution in [3.8, 4) is 0 Å². The molecule has 1 fully saturated rings. The van der Waals surface area contributed by atoms with Crippen molar-refractivity contribution in [3.05, 3.63) is 0 Å². The third-order valence-electron chi connectivity index (χ3n) is 3.00. The monoisotopic (exact) mass is 215 g/mol. The van der Waals surface area contributed by atoms with Gasteiger partial charge in [0.15, 0.2) is 0 Å². The summed E-state index contributed by atoms with van der Waals surface area (Å²) in [5, 5.41) is 18.0. The zero-order chi connectivity index (χ0) is 11.6. The number of carbonyl (C=O) groups is 2. The predicted molar refractivity (Wildman–Crippen MR) is 53.2 cm³/mol. The van der Waals surface area contributed by atoms with Gasteiger partial charge in [-0.15, -0.1) is 0 Å². The number of likely N-dealkylation sites (tertiary alicyclic amines) is 1. The zero-order valence-corrected chi connectivity index (χ0v) is 9.01. The molecular weight excluding hydrogens is 198 g/mol.